The lowest BCUT2D eigenvalue weighted by molar-refractivity contribution is 0.358. The van der Waals surface area contributed by atoms with E-state index in [1.54, 1.807) is 0 Å². The Bertz CT molecular complexity index is 304. The molecule has 0 fully saturated rings. The minimum atomic E-state index is 0.664. The molecule has 2 radical (unpaired) electrons. The van der Waals surface area contributed by atoms with Crippen molar-refractivity contribution in [2.75, 3.05) is 6.61 Å². The molecular formula is C9H7BO. The van der Waals surface area contributed by atoms with Crippen LogP contribution in [0, 0.1) is 0 Å². The molecule has 1 aliphatic rings. The largest absolute Gasteiger partial charge is 0.489 e. The van der Waals surface area contributed by atoms with Gasteiger partial charge in [0.05, 0.1) is 0 Å². The van der Waals surface area contributed by atoms with E-state index in [0.717, 1.165) is 16.8 Å². The van der Waals surface area contributed by atoms with Crippen molar-refractivity contribution in [3.63, 3.8) is 0 Å². The fourth-order valence-electron chi connectivity index (χ4n) is 1.14. The van der Waals surface area contributed by atoms with Crippen LogP contribution in [0.5, 0.6) is 5.75 Å². The molecule has 1 aromatic rings. The summed E-state index contributed by atoms with van der Waals surface area (Å²) >= 11 is 0. The molecule has 1 nitrogen and oxygen atoms in total. The first-order valence-corrected chi connectivity index (χ1v) is 3.55. The topological polar surface area (TPSA) is 9.23 Å². The predicted octanol–water partition coefficient (Wildman–Crippen LogP) is 0.886. The Hall–Kier alpha value is -1.18. The van der Waals surface area contributed by atoms with Crippen LogP contribution in [0.25, 0.3) is 6.08 Å². The average Bonchev–Trinajstić information content (AvgIpc) is 2.04. The van der Waals surface area contributed by atoms with Crippen molar-refractivity contribution in [3.05, 3.63) is 29.8 Å². The van der Waals surface area contributed by atoms with Crippen molar-refractivity contribution >= 4 is 19.4 Å². The molecule has 1 aliphatic heterocycles. The third-order valence-corrected chi connectivity index (χ3v) is 1.67. The van der Waals surface area contributed by atoms with Crippen molar-refractivity contribution in [3.8, 4) is 5.75 Å². The lowest BCUT2D eigenvalue weighted by Crippen LogP contribution is -2.06. The van der Waals surface area contributed by atoms with Gasteiger partial charge in [0.25, 0.3) is 0 Å². The minimum Gasteiger partial charge on any atom is -0.489 e. The smallest absolute Gasteiger partial charge is 0.126 e. The Labute approximate surface area is 67.1 Å². The van der Waals surface area contributed by atoms with E-state index >= 15 is 0 Å². The average molecular weight is 142 g/mol. The van der Waals surface area contributed by atoms with Crippen LogP contribution in [0.3, 0.4) is 0 Å². The Morgan fingerprint density at radius 3 is 3.18 bits per heavy atom. The van der Waals surface area contributed by atoms with Crippen molar-refractivity contribution in [2.24, 2.45) is 0 Å². The quantitative estimate of drug-likeness (QED) is 0.488. The van der Waals surface area contributed by atoms with Crippen LogP contribution < -0.4 is 10.2 Å². The zero-order valence-electron chi connectivity index (χ0n) is 6.08. The third kappa shape index (κ3) is 1.16. The summed E-state index contributed by atoms with van der Waals surface area (Å²) in [5.41, 5.74) is 1.84. The molecule has 1 heterocycles. The van der Waals surface area contributed by atoms with Gasteiger partial charge in [0, 0.05) is 5.56 Å². The molecular weight excluding hydrogens is 135 g/mol. The van der Waals surface area contributed by atoms with Gasteiger partial charge in [0.15, 0.2) is 0 Å². The number of fused-ring (bicyclic) bond motifs is 1. The molecule has 0 atom stereocenters. The van der Waals surface area contributed by atoms with E-state index in [-0.39, 0.29) is 0 Å². The Kier molecular flexibility index (Phi) is 1.46. The van der Waals surface area contributed by atoms with Gasteiger partial charge in [-0.25, -0.2) is 0 Å². The van der Waals surface area contributed by atoms with Gasteiger partial charge >= 0.3 is 0 Å². The van der Waals surface area contributed by atoms with Crippen LogP contribution in [-0.4, -0.2) is 14.5 Å². The molecule has 11 heavy (non-hydrogen) atoms. The van der Waals surface area contributed by atoms with Crippen molar-refractivity contribution in [1.82, 2.24) is 0 Å². The lowest BCUT2D eigenvalue weighted by atomic mass is 9.93. The standard InChI is InChI=1S/C9H7BO/c10-8-3-4-9-7(6-8)2-1-5-11-9/h1-4,6H,5H2. The summed E-state index contributed by atoms with van der Waals surface area (Å²) in [5.74, 6) is 0.918. The van der Waals surface area contributed by atoms with Gasteiger partial charge in [-0.1, -0.05) is 23.7 Å². The van der Waals surface area contributed by atoms with E-state index in [4.69, 9.17) is 12.6 Å². The molecule has 0 saturated carbocycles. The van der Waals surface area contributed by atoms with Crippen LogP contribution in [0.1, 0.15) is 5.56 Å². The highest BCUT2D eigenvalue weighted by Gasteiger charge is 2.03. The van der Waals surface area contributed by atoms with Gasteiger partial charge in [0.2, 0.25) is 0 Å². The maximum Gasteiger partial charge on any atom is 0.126 e. The summed E-state index contributed by atoms with van der Waals surface area (Å²) in [6.07, 6.45) is 4.00. The first-order valence-electron chi connectivity index (χ1n) is 3.55. The molecule has 0 amide bonds. The van der Waals surface area contributed by atoms with Gasteiger partial charge < -0.3 is 4.74 Å². The number of hydrogen-bond acceptors (Lipinski definition) is 1. The summed E-state index contributed by atoms with van der Waals surface area (Å²) < 4.78 is 5.34. The Morgan fingerprint density at radius 1 is 1.36 bits per heavy atom. The number of hydrogen-bond donors (Lipinski definition) is 0. The second-order valence-electron chi connectivity index (χ2n) is 2.51. The second kappa shape index (κ2) is 2.46. The van der Waals surface area contributed by atoms with Gasteiger partial charge in [-0.15, -0.1) is 0 Å². The molecule has 0 aliphatic carbocycles. The number of benzene rings is 1. The first kappa shape index (κ1) is 6.53. The van der Waals surface area contributed by atoms with E-state index in [2.05, 4.69) is 0 Å². The molecule has 0 N–H and O–H groups in total. The summed E-state index contributed by atoms with van der Waals surface area (Å²) in [6.45, 7) is 0.664. The molecule has 2 rings (SSSR count). The zero-order chi connectivity index (χ0) is 7.68. The monoisotopic (exact) mass is 142 g/mol. The fourth-order valence-corrected chi connectivity index (χ4v) is 1.14. The first-order chi connectivity index (χ1) is 5.36. The molecule has 0 spiro atoms. The molecule has 0 unspecified atom stereocenters. The third-order valence-electron chi connectivity index (χ3n) is 1.67. The van der Waals surface area contributed by atoms with Crippen LogP contribution in [0.15, 0.2) is 24.3 Å². The van der Waals surface area contributed by atoms with Crippen molar-refractivity contribution in [2.45, 2.75) is 0 Å². The highest BCUT2D eigenvalue weighted by molar-refractivity contribution is 6.32. The molecule has 0 saturated heterocycles. The SMILES string of the molecule is [B]c1ccc2c(c1)C=CCO2. The van der Waals surface area contributed by atoms with E-state index in [1.807, 2.05) is 30.4 Å². The summed E-state index contributed by atoms with van der Waals surface area (Å²) in [6, 6.07) is 5.65. The predicted molar refractivity (Wildman–Crippen MR) is 46.4 cm³/mol. The fraction of sp³-hybridized carbons (Fsp3) is 0.111. The van der Waals surface area contributed by atoms with Crippen LogP contribution in [-0.2, 0) is 0 Å². The van der Waals surface area contributed by atoms with Crippen molar-refractivity contribution in [1.29, 1.82) is 0 Å². The highest BCUT2D eigenvalue weighted by atomic mass is 16.5. The molecule has 0 aromatic heterocycles. The number of ether oxygens (including phenoxy) is 1. The summed E-state index contributed by atoms with van der Waals surface area (Å²) in [7, 11) is 5.59. The van der Waals surface area contributed by atoms with Crippen LogP contribution >= 0.6 is 0 Å². The molecule has 52 valence electrons. The minimum absolute atomic E-state index is 0.664. The van der Waals surface area contributed by atoms with Crippen molar-refractivity contribution < 1.29 is 4.74 Å². The Balaban J connectivity index is 2.54. The normalized spacial score (nSPS) is 13.8. The highest BCUT2D eigenvalue weighted by Crippen LogP contribution is 2.21. The Morgan fingerprint density at radius 2 is 2.27 bits per heavy atom. The van der Waals surface area contributed by atoms with E-state index < -0.39 is 0 Å². The number of rotatable bonds is 0. The zero-order valence-corrected chi connectivity index (χ0v) is 6.08. The lowest BCUT2D eigenvalue weighted by Gasteiger charge is -2.12. The van der Waals surface area contributed by atoms with Gasteiger partial charge in [-0.3, -0.25) is 0 Å². The molecule has 2 heteroatoms. The summed E-state index contributed by atoms with van der Waals surface area (Å²) in [4.78, 5) is 0. The maximum atomic E-state index is 5.59. The van der Waals surface area contributed by atoms with Crippen LogP contribution in [0.2, 0.25) is 0 Å². The maximum absolute atomic E-state index is 5.59. The summed E-state index contributed by atoms with van der Waals surface area (Å²) in [5, 5.41) is 0. The van der Waals surface area contributed by atoms with Crippen LogP contribution in [0.4, 0.5) is 0 Å². The van der Waals surface area contributed by atoms with Gasteiger partial charge in [-0.05, 0) is 12.1 Å². The van der Waals surface area contributed by atoms with E-state index in [0.29, 0.717) is 6.61 Å². The molecule has 0 bridgehead atoms. The van der Waals surface area contributed by atoms with Gasteiger partial charge in [0.1, 0.15) is 20.2 Å². The van der Waals surface area contributed by atoms with E-state index in [9.17, 15) is 0 Å². The second-order valence-corrected chi connectivity index (χ2v) is 2.51. The van der Waals surface area contributed by atoms with E-state index in [1.165, 1.54) is 0 Å². The van der Waals surface area contributed by atoms with Gasteiger partial charge in [-0.2, -0.15) is 0 Å². The molecule has 1 aromatic carbocycles.